The lowest BCUT2D eigenvalue weighted by atomic mass is 10.1. The molecule has 1 aromatic heterocycles. The van der Waals surface area contributed by atoms with Gasteiger partial charge in [0.2, 0.25) is 11.7 Å². The lowest BCUT2D eigenvalue weighted by molar-refractivity contribution is 0.359. The van der Waals surface area contributed by atoms with Crippen LogP contribution in [0.5, 0.6) is 5.75 Å². The van der Waals surface area contributed by atoms with E-state index < -0.39 is 0 Å². The summed E-state index contributed by atoms with van der Waals surface area (Å²) in [5.74, 6) is 1.42. The third-order valence-electron chi connectivity index (χ3n) is 2.56. The predicted octanol–water partition coefficient (Wildman–Crippen LogP) is 2.53. The van der Waals surface area contributed by atoms with Crippen molar-refractivity contribution in [2.75, 3.05) is 0 Å². The standard InChI is InChI=1S/C13H13N3O2/c1-9(6-7-14)8-12-15-13(16-18-12)10-2-4-11(17)5-3-10/h2-5,9,17H,6,8H2,1H3. The van der Waals surface area contributed by atoms with Crippen LogP contribution < -0.4 is 0 Å². The van der Waals surface area contributed by atoms with E-state index in [-0.39, 0.29) is 11.7 Å². The van der Waals surface area contributed by atoms with Crippen LogP contribution in [0.2, 0.25) is 0 Å². The number of aromatic hydroxyl groups is 1. The molecular formula is C13H13N3O2. The maximum absolute atomic E-state index is 9.19. The number of hydrogen-bond acceptors (Lipinski definition) is 5. The van der Waals surface area contributed by atoms with Gasteiger partial charge >= 0.3 is 0 Å². The molecule has 1 atom stereocenters. The van der Waals surface area contributed by atoms with Crippen molar-refractivity contribution in [2.45, 2.75) is 19.8 Å². The van der Waals surface area contributed by atoms with Crippen LogP contribution in [0.1, 0.15) is 19.2 Å². The molecular weight excluding hydrogens is 230 g/mol. The normalized spacial score (nSPS) is 12.0. The topological polar surface area (TPSA) is 82.9 Å². The van der Waals surface area contributed by atoms with Crippen LogP contribution in [0.15, 0.2) is 28.8 Å². The quantitative estimate of drug-likeness (QED) is 0.892. The Kier molecular flexibility index (Phi) is 3.58. The first kappa shape index (κ1) is 12.1. The second-order valence-electron chi connectivity index (χ2n) is 4.23. The van der Waals surface area contributed by atoms with Crippen LogP contribution >= 0.6 is 0 Å². The maximum atomic E-state index is 9.19. The Bertz CT molecular complexity index is 554. The molecule has 5 nitrogen and oxygen atoms in total. The average molecular weight is 243 g/mol. The highest BCUT2D eigenvalue weighted by Crippen LogP contribution is 2.20. The molecule has 0 aliphatic heterocycles. The molecule has 0 fully saturated rings. The Hall–Kier alpha value is -2.35. The fraction of sp³-hybridized carbons (Fsp3) is 0.308. The van der Waals surface area contributed by atoms with Crippen LogP contribution in [-0.4, -0.2) is 15.2 Å². The molecule has 0 saturated heterocycles. The van der Waals surface area contributed by atoms with Gasteiger partial charge in [0.05, 0.1) is 6.07 Å². The number of rotatable bonds is 4. The van der Waals surface area contributed by atoms with Crippen LogP contribution in [-0.2, 0) is 6.42 Å². The van der Waals surface area contributed by atoms with E-state index in [0.29, 0.717) is 24.6 Å². The number of nitriles is 1. The molecule has 1 aromatic carbocycles. The van der Waals surface area contributed by atoms with Gasteiger partial charge in [-0.15, -0.1) is 0 Å². The molecule has 0 saturated carbocycles. The molecule has 1 N–H and O–H groups in total. The van der Waals surface area contributed by atoms with Crippen molar-refractivity contribution in [3.63, 3.8) is 0 Å². The minimum atomic E-state index is 0.197. The minimum Gasteiger partial charge on any atom is -0.508 e. The second kappa shape index (κ2) is 5.32. The van der Waals surface area contributed by atoms with E-state index in [1.54, 1.807) is 24.3 Å². The van der Waals surface area contributed by atoms with Crippen molar-refractivity contribution >= 4 is 0 Å². The summed E-state index contributed by atoms with van der Waals surface area (Å²) in [6.07, 6.45) is 1.07. The van der Waals surface area contributed by atoms with Gasteiger partial charge in [-0.1, -0.05) is 12.1 Å². The minimum absolute atomic E-state index is 0.197. The third-order valence-corrected chi connectivity index (χ3v) is 2.56. The number of aromatic nitrogens is 2. The Morgan fingerprint density at radius 2 is 2.11 bits per heavy atom. The Labute approximate surface area is 105 Å². The van der Waals surface area contributed by atoms with Gasteiger partial charge < -0.3 is 9.63 Å². The van der Waals surface area contributed by atoms with Gasteiger partial charge in [-0.25, -0.2) is 0 Å². The van der Waals surface area contributed by atoms with Gasteiger partial charge in [0, 0.05) is 18.4 Å². The zero-order chi connectivity index (χ0) is 13.0. The SMILES string of the molecule is CC(CC#N)Cc1nc(-c2ccc(O)cc2)no1. The van der Waals surface area contributed by atoms with E-state index >= 15 is 0 Å². The van der Waals surface area contributed by atoms with Crippen molar-refractivity contribution < 1.29 is 9.63 Å². The highest BCUT2D eigenvalue weighted by atomic mass is 16.5. The van der Waals surface area contributed by atoms with Gasteiger partial charge in [-0.2, -0.15) is 10.2 Å². The molecule has 1 heterocycles. The molecule has 2 rings (SSSR count). The van der Waals surface area contributed by atoms with Crippen LogP contribution in [0.25, 0.3) is 11.4 Å². The fourth-order valence-electron chi connectivity index (χ4n) is 1.59. The Morgan fingerprint density at radius 1 is 1.39 bits per heavy atom. The van der Waals surface area contributed by atoms with Crippen molar-refractivity contribution in [3.05, 3.63) is 30.2 Å². The lowest BCUT2D eigenvalue weighted by Gasteiger charge is -2.00. The van der Waals surface area contributed by atoms with E-state index in [2.05, 4.69) is 16.2 Å². The highest BCUT2D eigenvalue weighted by molar-refractivity contribution is 5.55. The summed E-state index contributed by atoms with van der Waals surface area (Å²) in [6.45, 7) is 1.97. The molecule has 2 aromatic rings. The maximum Gasteiger partial charge on any atom is 0.227 e. The number of phenols is 1. The van der Waals surface area contributed by atoms with E-state index in [0.717, 1.165) is 5.56 Å². The smallest absolute Gasteiger partial charge is 0.227 e. The first-order valence-corrected chi connectivity index (χ1v) is 5.68. The zero-order valence-electron chi connectivity index (χ0n) is 10.00. The van der Waals surface area contributed by atoms with Crippen LogP contribution in [0, 0.1) is 17.2 Å². The summed E-state index contributed by atoms with van der Waals surface area (Å²) in [4.78, 5) is 4.26. The van der Waals surface area contributed by atoms with Gasteiger partial charge in [0.15, 0.2) is 0 Å². The van der Waals surface area contributed by atoms with Gasteiger partial charge in [0.25, 0.3) is 0 Å². The first-order valence-electron chi connectivity index (χ1n) is 5.68. The van der Waals surface area contributed by atoms with Crippen molar-refractivity contribution in [3.8, 4) is 23.2 Å². The van der Waals surface area contributed by atoms with E-state index in [1.165, 1.54) is 0 Å². The van der Waals surface area contributed by atoms with Gasteiger partial charge in [-0.3, -0.25) is 0 Å². The van der Waals surface area contributed by atoms with Crippen molar-refractivity contribution in [1.82, 2.24) is 10.1 Å². The molecule has 5 heteroatoms. The van der Waals surface area contributed by atoms with Gasteiger partial charge in [-0.05, 0) is 30.2 Å². The van der Waals surface area contributed by atoms with Crippen LogP contribution in [0.3, 0.4) is 0 Å². The number of benzene rings is 1. The fourth-order valence-corrected chi connectivity index (χ4v) is 1.59. The summed E-state index contributed by atoms with van der Waals surface area (Å²) >= 11 is 0. The predicted molar refractivity (Wildman–Crippen MR) is 64.5 cm³/mol. The molecule has 0 radical (unpaired) electrons. The van der Waals surface area contributed by atoms with Gasteiger partial charge in [0.1, 0.15) is 5.75 Å². The largest absolute Gasteiger partial charge is 0.508 e. The highest BCUT2D eigenvalue weighted by Gasteiger charge is 2.11. The van der Waals surface area contributed by atoms with Crippen molar-refractivity contribution in [1.29, 1.82) is 5.26 Å². The number of phenolic OH excluding ortho intramolecular Hbond substituents is 1. The molecule has 0 spiro atoms. The average Bonchev–Trinajstić information content (AvgIpc) is 2.78. The molecule has 0 aliphatic rings. The van der Waals surface area contributed by atoms with E-state index in [4.69, 9.17) is 9.78 Å². The number of nitrogens with zero attached hydrogens (tertiary/aromatic N) is 3. The molecule has 92 valence electrons. The third kappa shape index (κ3) is 2.86. The Balaban J connectivity index is 2.11. The molecule has 18 heavy (non-hydrogen) atoms. The van der Waals surface area contributed by atoms with E-state index in [9.17, 15) is 5.11 Å². The first-order chi connectivity index (χ1) is 8.69. The zero-order valence-corrected chi connectivity index (χ0v) is 10.00. The van der Waals surface area contributed by atoms with Crippen LogP contribution in [0.4, 0.5) is 0 Å². The number of hydrogen-bond donors (Lipinski definition) is 1. The summed E-state index contributed by atoms with van der Waals surface area (Å²) in [6, 6.07) is 8.71. The molecule has 0 amide bonds. The molecule has 0 aliphatic carbocycles. The Morgan fingerprint density at radius 3 is 2.78 bits per heavy atom. The monoisotopic (exact) mass is 243 g/mol. The second-order valence-corrected chi connectivity index (χ2v) is 4.23. The summed E-state index contributed by atoms with van der Waals surface area (Å²) in [7, 11) is 0. The molecule has 1 unspecified atom stereocenters. The summed E-state index contributed by atoms with van der Waals surface area (Å²) in [5.41, 5.74) is 0.788. The lowest BCUT2D eigenvalue weighted by Crippen LogP contribution is -1.98. The van der Waals surface area contributed by atoms with Crippen molar-refractivity contribution in [2.24, 2.45) is 5.92 Å². The molecule has 0 bridgehead atoms. The van der Waals surface area contributed by atoms with E-state index in [1.807, 2.05) is 6.92 Å². The summed E-state index contributed by atoms with van der Waals surface area (Å²) < 4.78 is 5.13. The summed E-state index contributed by atoms with van der Waals surface area (Å²) in [5, 5.41) is 21.7.